The van der Waals surface area contributed by atoms with E-state index in [0.717, 1.165) is 0 Å². The number of rotatable bonds is 4. The molecule has 0 bridgehead atoms. The van der Waals surface area contributed by atoms with Gasteiger partial charge in [-0.15, -0.1) is 0 Å². The number of halogens is 1. The van der Waals surface area contributed by atoms with Crippen LogP contribution in [0.3, 0.4) is 0 Å². The Morgan fingerprint density at radius 3 is 2.73 bits per heavy atom. The van der Waals surface area contributed by atoms with Crippen molar-refractivity contribution >= 4 is 23.1 Å². The van der Waals surface area contributed by atoms with Crippen LogP contribution in [0.4, 0.5) is 11.5 Å². The standard InChI is InChI=1S/C10H16ClN3O/c1-6(2)8(15)5-13-10-4-7(12)3-9(11)14-10/h3-4,6,8,15H,5H2,1-2H3,(H3,12,13,14). The van der Waals surface area contributed by atoms with Gasteiger partial charge in [-0.3, -0.25) is 0 Å². The molecule has 0 amide bonds. The summed E-state index contributed by atoms with van der Waals surface area (Å²) in [7, 11) is 0. The Kier molecular flexibility index (Phi) is 4.17. The van der Waals surface area contributed by atoms with Gasteiger partial charge in [0, 0.05) is 18.3 Å². The first-order chi connectivity index (χ1) is 6.99. The van der Waals surface area contributed by atoms with Crippen LogP contribution >= 0.6 is 11.6 Å². The normalized spacial score (nSPS) is 12.9. The van der Waals surface area contributed by atoms with Crippen LogP contribution in [0.15, 0.2) is 12.1 Å². The zero-order valence-corrected chi connectivity index (χ0v) is 9.62. The molecule has 0 spiro atoms. The lowest BCUT2D eigenvalue weighted by molar-refractivity contribution is 0.138. The number of aliphatic hydroxyl groups is 1. The Morgan fingerprint density at radius 2 is 2.20 bits per heavy atom. The number of anilines is 2. The predicted octanol–water partition coefficient (Wildman–Crippen LogP) is 1.75. The fourth-order valence-electron chi connectivity index (χ4n) is 1.05. The molecule has 15 heavy (non-hydrogen) atoms. The second-order valence-corrected chi connectivity index (χ2v) is 4.19. The zero-order chi connectivity index (χ0) is 11.4. The van der Waals surface area contributed by atoms with Gasteiger partial charge in [-0.25, -0.2) is 4.98 Å². The molecule has 5 heteroatoms. The molecule has 0 saturated heterocycles. The van der Waals surface area contributed by atoms with Gasteiger partial charge >= 0.3 is 0 Å². The summed E-state index contributed by atoms with van der Waals surface area (Å²) < 4.78 is 0. The number of hydrogen-bond acceptors (Lipinski definition) is 4. The van der Waals surface area contributed by atoms with Gasteiger partial charge in [0.15, 0.2) is 0 Å². The van der Waals surface area contributed by atoms with Crippen LogP contribution in [0.2, 0.25) is 5.15 Å². The SMILES string of the molecule is CC(C)C(O)CNc1cc(N)cc(Cl)n1. The van der Waals surface area contributed by atoms with Crippen LogP contribution in [0.25, 0.3) is 0 Å². The molecular formula is C10H16ClN3O. The topological polar surface area (TPSA) is 71.2 Å². The molecule has 1 unspecified atom stereocenters. The molecule has 0 radical (unpaired) electrons. The van der Waals surface area contributed by atoms with Crippen molar-refractivity contribution in [2.45, 2.75) is 20.0 Å². The quantitative estimate of drug-likeness (QED) is 0.688. The highest BCUT2D eigenvalue weighted by Gasteiger charge is 2.09. The average molecular weight is 230 g/mol. The van der Waals surface area contributed by atoms with E-state index in [9.17, 15) is 5.11 Å². The van der Waals surface area contributed by atoms with Crippen molar-refractivity contribution in [3.63, 3.8) is 0 Å². The fraction of sp³-hybridized carbons (Fsp3) is 0.500. The van der Waals surface area contributed by atoms with E-state index in [2.05, 4.69) is 10.3 Å². The van der Waals surface area contributed by atoms with E-state index in [1.807, 2.05) is 13.8 Å². The van der Waals surface area contributed by atoms with E-state index in [0.29, 0.717) is 23.2 Å². The van der Waals surface area contributed by atoms with Crippen LogP contribution in [-0.4, -0.2) is 22.7 Å². The fourth-order valence-corrected chi connectivity index (χ4v) is 1.27. The summed E-state index contributed by atoms with van der Waals surface area (Å²) in [6.07, 6.45) is -0.410. The lowest BCUT2D eigenvalue weighted by Gasteiger charge is -2.15. The van der Waals surface area contributed by atoms with Gasteiger partial charge in [0.05, 0.1) is 6.10 Å². The maximum Gasteiger partial charge on any atom is 0.133 e. The molecule has 1 heterocycles. The molecule has 0 aliphatic carbocycles. The van der Waals surface area contributed by atoms with Gasteiger partial charge in [-0.1, -0.05) is 25.4 Å². The molecule has 0 aliphatic rings. The Labute approximate surface area is 94.5 Å². The van der Waals surface area contributed by atoms with Gasteiger partial charge in [-0.2, -0.15) is 0 Å². The van der Waals surface area contributed by atoms with Crippen LogP contribution in [-0.2, 0) is 0 Å². The summed E-state index contributed by atoms with van der Waals surface area (Å²) in [6, 6.07) is 3.25. The van der Waals surface area contributed by atoms with E-state index >= 15 is 0 Å². The second kappa shape index (κ2) is 5.19. The van der Waals surface area contributed by atoms with Crippen LogP contribution < -0.4 is 11.1 Å². The van der Waals surface area contributed by atoms with E-state index in [4.69, 9.17) is 17.3 Å². The predicted molar refractivity (Wildman–Crippen MR) is 63.0 cm³/mol. The third-order valence-corrected chi connectivity index (χ3v) is 2.27. The summed E-state index contributed by atoms with van der Waals surface area (Å²) in [6.45, 7) is 4.34. The maximum atomic E-state index is 9.57. The Balaban J connectivity index is 2.57. The molecule has 1 rings (SSSR count). The average Bonchev–Trinajstić information content (AvgIpc) is 2.12. The molecule has 84 valence electrons. The molecule has 1 aromatic rings. The number of nitrogens with zero attached hydrogens (tertiary/aromatic N) is 1. The molecule has 0 saturated carbocycles. The summed E-state index contributed by atoms with van der Waals surface area (Å²) in [5.74, 6) is 0.786. The monoisotopic (exact) mass is 229 g/mol. The third kappa shape index (κ3) is 3.93. The van der Waals surface area contributed by atoms with Crippen molar-refractivity contribution < 1.29 is 5.11 Å². The van der Waals surface area contributed by atoms with E-state index in [-0.39, 0.29) is 5.92 Å². The Morgan fingerprint density at radius 1 is 1.53 bits per heavy atom. The van der Waals surface area contributed by atoms with Gasteiger partial charge in [0.25, 0.3) is 0 Å². The summed E-state index contributed by atoms with van der Waals surface area (Å²) in [4.78, 5) is 4.03. The maximum absolute atomic E-state index is 9.57. The number of nitrogens with one attached hydrogen (secondary N) is 1. The van der Waals surface area contributed by atoms with Crippen molar-refractivity contribution in [2.75, 3.05) is 17.6 Å². The highest BCUT2D eigenvalue weighted by Crippen LogP contribution is 2.16. The number of nitrogen functional groups attached to an aromatic ring is 1. The molecule has 4 nitrogen and oxygen atoms in total. The number of aromatic nitrogens is 1. The van der Waals surface area contributed by atoms with Gasteiger partial charge in [0.1, 0.15) is 11.0 Å². The highest BCUT2D eigenvalue weighted by atomic mass is 35.5. The van der Waals surface area contributed by atoms with Crippen LogP contribution in [0.5, 0.6) is 0 Å². The highest BCUT2D eigenvalue weighted by molar-refractivity contribution is 6.29. The van der Waals surface area contributed by atoms with Crippen LogP contribution in [0.1, 0.15) is 13.8 Å². The van der Waals surface area contributed by atoms with Crippen LogP contribution in [0, 0.1) is 5.92 Å². The van der Waals surface area contributed by atoms with Crippen molar-refractivity contribution in [1.82, 2.24) is 4.98 Å². The number of aliphatic hydroxyl groups excluding tert-OH is 1. The lowest BCUT2D eigenvalue weighted by Crippen LogP contribution is -2.25. The molecule has 0 aromatic carbocycles. The first kappa shape index (κ1) is 12.1. The smallest absolute Gasteiger partial charge is 0.133 e. The van der Waals surface area contributed by atoms with Crippen molar-refractivity contribution in [1.29, 1.82) is 0 Å². The van der Waals surface area contributed by atoms with Gasteiger partial charge in [0.2, 0.25) is 0 Å². The molecule has 1 aromatic heterocycles. The molecule has 1 atom stereocenters. The minimum absolute atomic E-state index is 0.203. The molecule has 0 aliphatic heterocycles. The zero-order valence-electron chi connectivity index (χ0n) is 8.87. The molecule has 4 N–H and O–H groups in total. The molecule has 0 fully saturated rings. The van der Waals surface area contributed by atoms with Crippen molar-refractivity contribution in [3.8, 4) is 0 Å². The van der Waals surface area contributed by atoms with E-state index in [1.54, 1.807) is 12.1 Å². The summed E-state index contributed by atoms with van der Waals surface area (Å²) in [5.41, 5.74) is 6.15. The Bertz CT molecular complexity index is 310. The van der Waals surface area contributed by atoms with Crippen molar-refractivity contribution in [3.05, 3.63) is 17.3 Å². The third-order valence-electron chi connectivity index (χ3n) is 2.08. The minimum atomic E-state index is -0.410. The number of nitrogens with two attached hydrogens (primary N) is 1. The van der Waals surface area contributed by atoms with Gasteiger partial charge < -0.3 is 16.2 Å². The second-order valence-electron chi connectivity index (χ2n) is 3.80. The van der Waals surface area contributed by atoms with Gasteiger partial charge in [-0.05, 0) is 12.0 Å². The Hall–Kier alpha value is -1.00. The molecular weight excluding hydrogens is 214 g/mol. The van der Waals surface area contributed by atoms with E-state index < -0.39 is 6.10 Å². The first-order valence-electron chi connectivity index (χ1n) is 4.84. The summed E-state index contributed by atoms with van der Waals surface area (Å²) >= 11 is 5.73. The lowest BCUT2D eigenvalue weighted by atomic mass is 10.1. The largest absolute Gasteiger partial charge is 0.399 e. The van der Waals surface area contributed by atoms with E-state index in [1.165, 1.54) is 0 Å². The summed E-state index contributed by atoms with van der Waals surface area (Å²) in [5, 5.41) is 12.9. The minimum Gasteiger partial charge on any atom is -0.399 e. The van der Waals surface area contributed by atoms with Crippen molar-refractivity contribution in [2.24, 2.45) is 5.92 Å². The number of hydrogen-bond donors (Lipinski definition) is 3. The first-order valence-corrected chi connectivity index (χ1v) is 5.22. The number of pyridine rings is 1.